The number of hydrogen-bond donors (Lipinski definition) is 1. The molecule has 0 fully saturated rings. The number of anilines is 1. The summed E-state index contributed by atoms with van der Waals surface area (Å²) >= 11 is 0. The van der Waals surface area contributed by atoms with Crippen molar-refractivity contribution in [2.75, 3.05) is 5.32 Å². The highest BCUT2D eigenvalue weighted by Crippen LogP contribution is 2.19. The van der Waals surface area contributed by atoms with Gasteiger partial charge in [-0.05, 0) is 25.1 Å². The van der Waals surface area contributed by atoms with E-state index in [0.717, 1.165) is 6.07 Å². The molecule has 0 saturated heterocycles. The van der Waals surface area contributed by atoms with Crippen molar-refractivity contribution in [3.8, 4) is 0 Å². The van der Waals surface area contributed by atoms with Crippen molar-refractivity contribution in [1.82, 2.24) is 0 Å². The van der Waals surface area contributed by atoms with Crippen LogP contribution >= 0.6 is 0 Å². The van der Waals surface area contributed by atoms with Gasteiger partial charge < -0.3 is 5.32 Å². The molecule has 0 heterocycles. The molecule has 18 heavy (non-hydrogen) atoms. The van der Waals surface area contributed by atoms with E-state index in [0.29, 0.717) is 11.3 Å². The first kappa shape index (κ1) is 12.5. The standard InChI is InChI=1S/C14H12F3N/c1-9-11(15)5-3-7-13(9)18-8-10-4-2-6-12(16)14(10)17/h2-7,18H,8H2,1H3. The summed E-state index contributed by atoms with van der Waals surface area (Å²) in [6.07, 6.45) is 0. The van der Waals surface area contributed by atoms with Crippen LogP contribution < -0.4 is 5.32 Å². The summed E-state index contributed by atoms with van der Waals surface area (Å²) in [6, 6.07) is 8.59. The van der Waals surface area contributed by atoms with Crippen molar-refractivity contribution < 1.29 is 13.2 Å². The molecular weight excluding hydrogens is 239 g/mol. The lowest BCUT2D eigenvalue weighted by Gasteiger charge is -2.10. The molecule has 0 radical (unpaired) electrons. The molecule has 0 aromatic heterocycles. The average Bonchev–Trinajstić information content (AvgIpc) is 2.36. The summed E-state index contributed by atoms with van der Waals surface area (Å²) in [5, 5.41) is 2.89. The molecule has 0 bridgehead atoms. The van der Waals surface area contributed by atoms with Gasteiger partial charge in [0.05, 0.1) is 0 Å². The summed E-state index contributed by atoms with van der Waals surface area (Å²) in [6.45, 7) is 1.73. The smallest absolute Gasteiger partial charge is 0.163 e. The largest absolute Gasteiger partial charge is 0.381 e. The van der Waals surface area contributed by atoms with Crippen LogP contribution in [0.4, 0.5) is 18.9 Å². The van der Waals surface area contributed by atoms with Crippen LogP contribution in [-0.2, 0) is 6.54 Å². The molecule has 0 aliphatic carbocycles. The second-order valence-corrected chi connectivity index (χ2v) is 3.98. The van der Waals surface area contributed by atoms with E-state index in [9.17, 15) is 13.2 Å². The van der Waals surface area contributed by atoms with E-state index in [1.54, 1.807) is 19.1 Å². The van der Waals surface area contributed by atoms with Crippen molar-refractivity contribution in [3.63, 3.8) is 0 Å². The predicted molar refractivity (Wildman–Crippen MR) is 64.8 cm³/mol. The van der Waals surface area contributed by atoms with Crippen molar-refractivity contribution in [1.29, 1.82) is 0 Å². The minimum atomic E-state index is -0.884. The Kier molecular flexibility index (Phi) is 3.55. The molecule has 2 rings (SSSR count). The third-order valence-electron chi connectivity index (χ3n) is 2.77. The number of hydrogen-bond acceptors (Lipinski definition) is 1. The van der Waals surface area contributed by atoms with E-state index in [2.05, 4.69) is 5.32 Å². The van der Waals surface area contributed by atoms with Crippen molar-refractivity contribution in [3.05, 3.63) is 65.0 Å². The first-order valence-corrected chi connectivity index (χ1v) is 5.51. The fourth-order valence-electron chi connectivity index (χ4n) is 1.67. The van der Waals surface area contributed by atoms with E-state index in [1.807, 2.05) is 0 Å². The minimum absolute atomic E-state index is 0.105. The summed E-state index contributed by atoms with van der Waals surface area (Å²) in [5.74, 6) is -2.09. The molecule has 4 heteroatoms. The Morgan fingerprint density at radius 3 is 2.39 bits per heavy atom. The van der Waals surface area contributed by atoms with E-state index in [4.69, 9.17) is 0 Å². The number of benzene rings is 2. The van der Waals surface area contributed by atoms with Gasteiger partial charge in [0.25, 0.3) is 0 Å². The average molecular weight is 251 g/mol. The zero-order valence-electron chi connectivity index (χ0n) is 9.81. The van der Waals surface area contributed by atoms with Gasteiger partial charge in [-0.2, -0.15) is 0 Å². The zero-order valence-corrected chi connectivity index (χ0v) is 9.81. The molecule has 0 spiro atoms. The molecule has 0 aliphatic rings. The van der Waals surface area contributed by atoms with Crippen LogP contribution in [0.5, 0.6) is 0 Å². The molecular formula is C14H12F3N. The van der Waals surface area contributed by atoms with E-state index in [1.165, 1.54) is 18.2 Å². The molecule has 0 atom stereocenters. The van der Waals surface area contributed by atoms with E-state index < -0.39 is 11.6 Å². The second kappa shape index (κ2) is 5.12. The second-order valence-electron chi connectivity index (χ2n) is 3.98. The van der Waals surface area contributed by atoms with Crippen molar-refractivity contribution in [2.45, 2.75) is 13.5 Å². The van der Waals surface area contributed by atoms with Crippen LogP contribution in [0.2, 0.25) is 0 Å². The molecule has 2 aromatic rings. The van der Waals surface area contributed by atoms with Crippen LogP contribution in [0.3, 0.4) is 0 Å². The SMILES string of the molecule is Cc1c(F)cccc1NCc1cccc(F)c1F. The Hall–Kier alpha value is -1.97. The Labute approximate surface area is 103 Å². The molecule has 94 valence electrons. The van der Waals surface area contributed by atoms with Gasteiger partial charge in [-0.25, -0.2) is 13.2 Å². The van der Waals surface area contributed by atoms with Gasteiger partial charge in [0, 0.05) is 23.4 Å². The highest BCUT2D eigenvalue weighted by atomic mass is 19.2. The van der Waals surface area contributed by atoms with Crippen LogP contribution in [0.25, 0.3) is 0 Å². The lowest BCUT2D eigenvalue weighted by atomic mass is 10.1. The minimum Gasteiger partial charge on any atom is -0.381 e. The fourth-order valence-corrected chi connectivity index (χ4v) is 1.67. The monoisotopic (exact) mass is 251 g/mol. The maximum atomic E-state index is 13.4. The number of nitrogens with one attached hydrogen (secondary N) is 1. The quantitative estimate of drug-likeness (QED) is 0.868. The first-order chi connectivity index (χ1) is 8.59. The summed E-state index contributed by atoms with van der Waals surface area (Å²) in [7, 11) is 0. The van der Waals surface area contributed by atoms with Gasteiger partial charge in [0.2, 0.25) is 0 Å². The van der Waals surface area contributed by atoms with Crippen LogP contribution in [0.15, 0.2) is 36.4 Å². The van der Waals surface area contributed by atoms with Crippen molar-refractivity contribution >= 4 is 5.69 Å². The molecule has 0 amide bonds. The van der Waals surface area contributed by atoms with Gasteiger partial charge in [-0.1, -0.05) is 18.2 Å². The zero-order chi connectivity index (χ0) is 13.1. The molecule has 0 unspecified atom stereocenters. The summed E-state index contributed by atoms with van der Waals surface area (Å²) in [4.78, 5) is 0. The molecule has 1 N–H and O–H groups in total. The predicted octanol–water partition coefficient (Wildman–Crippen LogP) is 4.02. The van der Waals surface area contributed by atoms with Gasteiger partial charge in [-0.3, -0.25) is 0 Å². The topological polar surface area (TPSA) is 12.0 Å². The highest BCUT2D eigenvalue weighted by Gasteiger charge is 2.08. The summed E-state index contributed by atoms with van der Waals surface area (Å²) in [5.41, 5.74) is 1.23. The Balaban J connectivity index is 2.17. The van der Waals surface area contributed by atoms with Crippen LogP contribution in [0, 0.1) is 24.4 Å². The van der Waals surface area contributed by atoms with Gasteiger partial charge in [-0.15, -0.1) is 0 Å². The van der Waals surface area contributed by atoms with Gasteiger partial charge >= 0.3 is 0 Å². The third kappa shape index (κ3) is 2.47. The Morgan fingerprint density at radius 2 is 1.61 bits per heavy atom. The molecule has 0 aliphatic heterocycles. The van der Waals surface area contributed by atoms with Crippen LogP contribution in [0.1, 0.15) is 11.1 Å². The fraction of sp³-hybridized carbons (Fsp3) is 0.143. The maximum Gasteiger partial charge on any atom is 0.163 e. The normalized spacial score (nSPS) is 10.4. The molecule has 1 nitrogen and oxygen atoms in total. The lowest BCUT2D eigenvalue weighted by Crippen LogP contribution is -2.05. The van der Waals surface area contributed by atoms with Gasteiger partial charge in [0.15, 0.2) is 11.6 Å². The van der Waals surface area contributed by atoms with Crippen LogP contribution in [-0.4, -0.2) is 0 Å². The van der Waals surface area contributed by atoms with E-state index >= 15 is 0 Å². The third-order valence-corrected chi connectivity index (χ3v) is 2.77. The maximum absolute atomic E-state index is 13.4. The van der Waals surface area contributed by atoms with Gasteiger partial charge in [0.1, 0.15) is 5.82 Å². The summed E-state index contributed by atoms with van der Waals surface area (Å²) < 4.78 is 39.7. The molecule has 2 aromatic carbocycles. The number of rotatable bonds is 3. The molecule has 0 saturated carbocycles. The Bertz CT molecular complexity index is 515. The Morgan fingerprint density at radius 1 is 0.944 bits per heavy atom. The first-order valence-electron chi connectivity index (χ1n) is 5.51. The van der Waals surface area contributed by atoms with E-state index in [-0.39, 0.29) is 17.9 Å². The van der Waals surface area contributed by atoms with Crippen molar-refractivity contribution in [2.24, 2.45) is 0 Å². The lowest BCUT2D eigenvalue weighted by molar-refractivity contribution is 0.500. The number of halogens is 3. The highest BCUT2D eigenvalue weighted by molar-refractivity contribution is 5.51.